The minimum absolute atomic E-state index is 0.112. The lowest BCUT2D eigenvalue weighted by molar-refractivity contribution is 0.572. The van der Waals surface area contributed by atoms with Gasteiger partial charge >= 0.3 is 0 Å². The summed E-state index contributed by atoms with van der Waals surface area (Å²) >= 11 is 0. The molecule has 0 aliphatic carbocycles. The largest absolute Gasteiger partial charge is 0.454 e. The molecule has 0 unspecified atom stereocenters. The van der Waals surface area contributed by atoms with E-state index in [-0.39, 0.29) is 21.7 Å². The van der Waals surface area contributed by atoms with Crippen LogP contribution in [-0.2, 0) is 21.7 Å². The summed E-state index contributed by atoms with van der Waals surface area (Å²) in [6.45, 7) is 27.8. The Bertz CT molecular complexity index is 5370. The molecule has 88 heavy (non-hydrogen) atoms. The van der Waals surface area contributed by atoms with Gasteiger partial charge in [-0.2, -0.15) is 0 Å². The van der Waals surface area contributed by atoms with Crippen molar-refractivity contribution < 1.29 is 8.83 Å². The first-order valence-electron chi connectivity index (χ1n) is 31.3. The molecule has 17 rings (SSSR count). The van der Waals surface area contributed by atoms with Crippen molar-refractivity contribution >= 4 is 154 Å². The summed E-state index contributed by atoms with van der Waals surface area (Å²) in [7, 11) is 0. The van der Waals surface area contributed by atoms with Gasteiger partial charge in [-0.25, -0.2) is 0 Å². The number of fused-ring (bicyclic) bond motifs is 18. The Morgan fingerprint density at radius 3 is 0.955 bits per heavy atom. The van der Waals surface area contributed by atoms with Gasteiger partial charge in [0.2, 0.25) is 0 Å². The van der Waals surface area contributed by atoms with Crippen LogP contribution in [-0.4, -0.2) is 8.80 Å². The highest BCUT2D eigenvalue weighted by atomic mass is 16.3. The van der Waals surface area contributed by atoms with Gasteiger partial charge in [0.05, 0.1) is 55.8 Å². The number of benzene rings is 11. The maximum absolute atomic E-state index is 7.22. The van der Waals surface area contributed by atoms with Crippen molar-refractivity contribution in [2.24, 2.45) is 0 Å². The SMILES string of the molecule is CC(C)(C)c1cccc2c1oc1c(N(c3ccccc3)c3ccc4c5cc6c(cc5n5c7c(C(C)(C)C)cccc7c3c45)c3ccc(N(c4ccccc4)c4cccc5c4oc4c(C(C)(C)C)cccc45)c4c5cccc(C(C)(C)C)c5n6c34)cccc12. The van der Waals surface area contributed by atoms with Gasteiger partial charge in [0, 0.05) is 87.1 Å². The topological polar surface area (TPSA) is 41.6 Å². The molecule has 6 heterocycles. The van der Waals surface area contributed by atoms with Gasteiger partial charge in [0.15, 0.2) is 11.2 Å². The minimum Gasteiger partial charge on any atom is -0.454 e. The number of furan rings is 2. The van der Waals surface area contributed by atoms with Crippen molar-refractivity contribution in [3.05, 3.63) is 229 Å². The van der Waals surface area contributed by atoms with Gasteiger partial charge in [-0.15, -0.1) is 0 Å². The summed E-state index contributed by atoms with van der Waals surface area (Å²) in [4.78, 5) is 4.91. The van der Waals surface area contributed by atoms with Gasteiger partial charge in [0.1, 0.15) is 11.2 Å². The van der Waals surface area contributed by atoms with Crippen LogP contribution >= 0.6 is 0 Å². The Hall–Kier alpha value is -9.78. The first-order chi connectivity index (χ1) is 42.3. The van der Waals surface area contributed by atoms with Crippen LogP contribution in [0, 0.1) is 0 Å². The minimum atomic E-state index is -0.175. The summed E-state index contributed by atoms with van der Waals surface area (Å²) in [5.74, 6) is 0. The lowest BCUT2D eigenvalue weighted by atomic mass is 9.85. The monoisotopic (exact) mass is 1140 g/mol. The molecule has 0 amide bonds. The molecule has 0 saturated heterocycles. The Morgan fingerprint density at radius 1 is 0.261 bits per heavy atom. The number of rotatable bonds is 6. The summed E-state index contributed by atoms with van der Waals surface area (Å²) < 4.78 is 19.7. The van der Waals surface area contributed by atoms with E-state index in [0.717, 1.165) is 78.0 Å². The maximum Gasteiger partial charge on any atom is 0.159 e. The van der Waals surface area contributed by atoms with Crippen LogP contribution in [0.15, 0.2) is 215 Å². The van der Waals surface area contributed by atoms with Gasteiger partial charge in [-0.05, 0) is 93.5 Å². The van der Waals surface area contributed by atoms with Crippen LogP contribution < -0.4 is 9.80 Å². The quantitative estimate of drug-likeness (QED) is 0.166. The smallest absolute Gasteiger partial charge is 0.159 e. The highest BCUT2D eigenvalue weighted by Crippen LogP contribution is 2.55. The number of para-hydroxylation sites is 8. The third-order valence-corrected chi connectivity index (χ3v) is 19.2. The number of nitrogens with zero attached hydrogens (tertiary/aromatic N) is 4. The van der Waals surface area contributed by atoms with Crippen LogP contribution in [0.2, 0.25) is 0 Å². The van der Waals surface area contributed by atoms with Crippen molar-refractivity contribution in [2.75, 3.05) is 9.80 Å². The lowest BCUT2D eigenvalue weighted by Crippen LogP contribution is -2.12. The van der Waals surface area contributed by atoms with Gasteiger partial charge in [-0.1, -0.05) is 229 Å². The average molecular weight is 1140 g/mol. The number of hydrogen-bond acceptors (Lipinski definition) is 4. The van der Waals surface area contributed by atoms with E-state index in [1.807, 2.05) is 0 Å². The van der Waals surface area contributed by atoms with Crippen molar-refractivity contribution in [1.29, 1.82) is 0 Å². The highest BCUT2D eigenvalue weighted by Gasteiger charge is 2.34. The van der Waals surface area contributed by atoms with Crippen LogP contribution in [0.3, 0.4) is 0 Å². The zero-order valence-corrected chi connectivity index (χ0v) is 52.2. The van der Waals surface area contributed by atoms with Crippen molar-refractivity contribution in [3.63, 3.8) is 0 Å². The van der Waals surface area contributed by atoms with Crippen LogP contribution in [0.4, 0.5) is 34.1 Å². The third-order valence-electron chi connectivity index (χ3n) is 19.2. The van der Waals surface area contributed by atoms with Gasteiger partial charge in [-0.3, -0.25) is 0 Å². The Kier molecular flexibility index (Phi) is 10.7. The second kappa shape index (κ2) is 17.9. The summed E-state index contributed by atoms with van der Waals surface area (Å²) in [6.07, 6.45) is 0. The molecule has 0 aliphatic heterocycles. The summed E-state index contributed by atoms with van der Waals surface area (Å²) in [5, 5.41) is 14.3. The normalized spacial score (nSPS) is 13.2. The molecule has 17 aromatic rings. The number of hydrogen-bond donors (Lipinski definition) is 0. The fraction of sp³-hybridized carbons (Fsp3) is 0.195. The van der Waals surface area contributed by atoms with E-state index >= 15 is 0 Å². The number of aromatic nitrogens is 2. The van der Waals surface area contributed by atoms with E-state index in [0.29, 0.717) is 0 Å². The fourth-order valence-corrected chi connectivity index (χ4v) is 15.3. The molecule has 0 fully saturated rings. The first kappa shape index (κ1) is 52.5. The lowest BCUT2D eigenvalue weighted by Gasteiger charge is -2.26. The molecule has 0 aliphatic rings. The molecule has 11 aromatic carbocycles. The van der Waals surface area contributed by atoms with E-state index < -0.39 is 0 Å². The predicted octanol–water partition coefficient (Wildman–Crippen LogP) is 23.9. The Morgan fingerprint density at radius 2 is 0.591 bits per heavy atom. The Balaban J connectivity index is 0.982. The predicted molar refractivity (Wildman–Crippen MR) is 374 cm³/mol. The zero-order valence-electron chi connectivity index (χ0n) is 52.2. The molecular weight excluding hydrogens is 1070 g/mol. The van der Waals surface area contributed by atoms with E-state index in [1.165, 1.54) is 98.4 Å². The third kappa shape index (κ3) is 7.23. The average Bonchev–Trinajstić information content (AvgIpc) is 1.56. The van der Waals surface area contributed by atoms with Gasteiger partial charge < -0.3 is 27.4 Å². The summed E-state index contributed by atoms with van der Waals surface area (Å²) in [5.41, 5.74) is 21.7. The standard InChI is InChI=1S/C82H70N4O2/c1-79(2,3)59-35-21-33-55-69-63(83(47-25-15-13-16-26-47)65-39-23-31-53-51-29-19-37-61(81(7,8)9)75(51)87-77(53)65)43-41-49-57-46-68-58(45-67(57)85(71(55)59)73(49)69)50-42-44-64(70-56-34-22-36-60(80(4,5)6)72(56)86(68)74(50)70)84(48-27-17-14-18-28-48)66-40-24-32-54-52-30-20-38-62(82(10,11)12)76(52)88-78(54)66/h13-46H,1-12H3. The second-order valence-corrected chi connectivity index (χ2v) is 28.9. The fourth-order valence-electron chi connectivity index (χ4n) is 15.3. The molecule has 6 aromatic heterocycles. The molecule has 6 nitrogen and oxygen atoms in total. The molecule has 430 valence electrons. The molecule has 0 N–H and O–H groups in total. The number of anilines is 6. The molecule has 0 saturated carbocycles. The molecule has 0 spiro atoms. The van der Waals surface area contributed by atoms with Crippen LogP contribution in [0.25, 0.3) is 120 Å². The second-order valence-electron chi connectivity index (χ2n) is 28.9. The van der Waals surface area contributed by atoms with Crippen molar-refractivity contribution in [1.82, 2.24) is 8.80 Å². The van der Waals surface area contributed by atoms with Crippen molar-refractivity contribution in [3.8, 4) is 0 Å². The maximum atomic E-state index is 7.22. The molecule has 6 heteroatoms. The van der Waals surface area contributed by atoms with Crippen LogP contribution in [0.1, 0.15) is 105 Å². The first-order valence-corrected chi connectivity index (χ1v) is 31.3. The van der Waals surface area contributed by atoms with Gasteiger partial charge in [0.25, 0.3) is 0 Å². The van der Waals surface area contributed by atoms with Crippen molar-refractivity contribution in [2.45, 2.75) is 105 Å². The summed E-state index contributed by atoms with van der Waals surface area (Å²) in [6, 6.07) is 76.9. The van der Waals surface area contributed by atoms with E-state index in [1.54, 1.807) is 0 Å². The zero-order chi connectivity index (χ0) is 60.2. The Labute approximate surface area is 512 Å². The molecule has 0 bridgehead atoms. The molecule has 0 radical (unpaired) electrons. The van der Waals surface area contributed by atoms with E-state index in [9.17, 15) is 0 Å². The van der Waals surface area contributed by atoms with E-state index in [4.69, 9.17) is 8.83 Å². The highest BCUT2D eigenvalue weighted by molar-refractivity contribution is 6.33. The molecule has 0 atom stereocenters. The van der Waals surface area contributed by atoms with Crippen LogP contribution in [0.5, 0.6) is 0 Å². The molecular formula is C82H70N4O2. The van der Waals surface area contributed by atoms with E-state index in [2.05, 4.69) is 308 Å².